The van der Waals surface area contributed by atoms with Gasteiger partial charge in [-0.2, -0.15) is 0 Å². The third-order valence-corrected chi connectivity index (χ3v) is 5.17. The van der Waals surface area contributed by atoms with Crippen LogP contribution in [-0.2, 0) is 4.79 Å². The lowest BCUT2D eigenvalue weighted by Crippen LogP contribution is -2.30. The molecule has 0 saturated heterocycles. The largest absolute Gasteiger partial charge is 0.348 e. The van der Waals surface area contributed by atoms with E-state index in [1.807, 2.05) is 79.7 Å². The van der Waals surface area contributed by atoms with Crippen LogP contribution in [0.2, 0.25) is 0 Å². The second kappa shape index (κ2) is 8.49. The summed E-state index contributed by atoms with van der Waals surface area (Å²) in [4.78, 5) is 18.1. The lowest BCUT2D eigenvalue weighted by atomic mass is 10.1. The third kappa shape index (κ3) is 4.70. The molecule has 3 nitrogen and oxygen atoms in total. The summed E-state index contributed by atoms with van der Waals surface area (Å²) in [5, 5.41) is 2.83. The van der Waals surface area contributed by atoms with Crippen molar-refractivity contribution in [2.75, 3.05) is 0 Å². The zero-order chi connectivity index (χ0) is 17.5. The van der Waals surface area contributed by atoms with Gasteiger partial charge < -0.3 is 5.32 Å². The first kappa shape index (κ1) is 17.2. The number of carbonyl (C=O) groups excluding carboxylic acids is 1. The van der Waals surface area contributed by atoms with Gasteiger partial charge in [0.25, 0.3) is 0 Å². The molecule has 0 saturated carbocycles. The van der Waals surface area contributed by atoms with E-state index in [0.29, 0.717) is 0 Å². The number of amides is 1. The molecule has 1 N–H and O–H groups in total. The molecule has 1 aromatic heterocycles. The van der Waals surface area contributed by atoms with Crippen LogP contribution in [0.25, 0.3) is 0 Å². The van der Waals surface area contributed by atoms with E-state index in [9.17, 15) is 4.79 Å². The molecule has 126 valence electrons. The van der Waals surface area contributed by atoms with E-state index in [0.717, 1.165) is 16.0 Å². The van der Waals surface area contributed by atoms with Gasteiger partial charge in [0.2, 0.25) is 5.91 Å². The molecule has 0 fully saturated rings. The minimum atomic E-state index is -0.298. The molecule has 0 aliphatic carbocycles. The molecular weight excluding hydrogens is 328 g/mol. The van der Waals surface area contributed by atoms with Gasteiger partial charge in [-0.1, -0.05) is 48.5 Å². The van der Waals surface area contributed by atoms with Gasteiger partial charge in [-0.15, -0.1) is 11.8 Å². The highest BCUT2D eigenvalue weighted by Crippen LogP contribution is 2.35. The molecule has 3 rings (SSSR count). The first-order valence-electron chi connectivity index (χ1n) is 8.21. The maximum absolute atomic E-state index is 13.0. The third-order valence-electron chi connectivity index (χ3n) is 3.90. The fourth-order valence-electron chi connectivity index (χ4n) is 2.56. The Balaban J connectivity index is 1.80. The molecule has 0 spiro atoms. The van der Waals surface area contributed by atoms with E-state index in [1.54, 1.807) is 24.2 Å². The van der Waals surface area contributed by atoms with Crippen molar-refractivity contribution in [2.24, 2.45) is 0 Å². The average molecular weight is 348 g/mol. The number of hydrogen-bond donors (Lipinski definition) is 1. The summed E-state index contributed by atoms with van der Waals surface area (Å²) in [5.41, 5.74) is 2.04. The van der Waals surface area contributed by atoms with Gasteiger partial charge in [0, 0.05) is 17.3 Å². The Bertz CT molecular complexity index is 794. The van der Waals surface area contributed by atoms with Crippen molar-refractivity contribution in [3.05, 3.63) is 96.3 Å². The van der Waals surface area contributed by atoms with Crippen molar-refractivity contribution < 1.29 is 4.79 Å². The summed E-state index contributed by atoms with van der Waals surface area (Å²) in [5.74, 6) is 0.00404. The molecule has 2 unspecified atom stereocenters. The number of benzene rings is 2. The topological polar surface area (TPSA) is 42.0 Å². The Kier molecular flexibility index (Phi) is 5.86. The summed E-state index contributed by atoms with van der Waals surface area (Å²) < 4.78 is 0. The van der Waals surface area contributed by atoms with Gasteiger partial charge in [0.05, 0.1) is 6.04 Å². The Morgan fingerprint density at radius 2 is 1.48 bits per heavy atom. The van der Waals surface area contributed by atoms with Crippen LogP contribution in [0.5, 0.6) is 0 Å². The zero-order valence-corrected chi connectivity index (χ0v) is 14.8. The molecule has 1 heterocycles. The molecule has 25 heavy (non-hydrogen) atoms. The van der Waals surface area contributed by atoms with E-state index in [2.05, 4.69) is 10.3 Å². The molecule has 0 bridgehead atoms. The summed E-state index contributed by atoms with van der Waals surface area (Å²) in [6, 6.07) is 23.7. The average Bonchev–Trinajstić information content (AvgIpc) is 2.68. The van der Waals surface area contributed by atoms with Crippen molar-refractivity contribution in [1.82, 2.24) is 10.3 Å². The molecular formula is C21H20N2OS. The predicted molar refractivity (Wildman–Crippen MR) is 102 cm³/mol. The van der Waals surface area contributed by atoms with Crippen LogP contribution in [-0.4, -0.2) is 10.9 Å². The van der Waals surface area contributed by atoms with Gasteiger partial charge >= 0.3 is 0 Å². The maximum atomic E-state index is 13.0. The Morgan fingerprint density at radius 1 is 0.880 bits per heavy atom. The van der Waals surface area contributed by atoms with Crippen LogP contribution in [0.1, 0.15) is 29.3 Å². The van der Waals surface area contributed by atoms with Gasteiger partial charge in [-0.05, 0) is 42.3 Å². The van der Waals surface area contributed by atoms with Gasteiger partial charge in [0.1, 0.15) is 5.25 Å². The number of rotatable bonds is 6. The van der Waals surface area contributed by atoms with Crippen LogP contribution in [0, 0.1) is 0 Å². The van der Waals surface area contributed by atoms with E-state index in [1.165, 1.54) is 0 Å². The van der Waals surface area contributed by atoms with Crippen LogP contribution in [0.3, 0.4) is 0 Å². The number of nitrogens with one attached hydrogen (secondary N) is 1. The first-order valence-corrected chi connectivity index (χ1v) is 9.09. The van der Waals surface area contributed by atoms with Crippen LogP contribution in [0.4, 0.5) is 0 Å². The lowest BCUT2D eigenvalue weighted by Gasteiger charge is -2.20. The van der Waals surface area contributed by atoms with Gasteiger partial charge in [-0.25, -0.2) is 0 Å². The maximum Gasteiger partial charge on any atom is 0.238 e. The fraction of sp³-hybridized carbons (Fsp3) is 0.143. The highest BCUT2D eigenvalue weighted by Gasteiger charge is 2.23. The molecule has 3 aromatic rings. The Labute approximate surface area is 152 Å². The van der Waals surface area contributed by atoms with Crippen molar-refractivity contribution >= 4 is 17.7 Å². The molecule has 0 aliphatic rings. The Morgan fingerprint density at radius 3 is 2.12 bits per heavy atom. The van der Waals surface area contributed by atoms with E-state index < -0.39 is 0 Å². The fourth-order valence-corrected chi connectivity index (χ4v) is 3.62. The minimum absolute atomic E-state index is 0.00404. The first-order chi connectivity index (χ1) is 12.2. The van der Waals surface area contributed by atoms with Crippen molar-refractivity contribution in [3.8, 4) is 0 Å². The van der Waals surface area contributed by atoms with E-state index in [4.69, 9.17) is 0 Å². The van der Waals surface area contributed by atoms with Crippen molar-refractivity contribution in [2.45, 2.75) is 23.1 Å². The molecule has 0 aliphatic heterocycles. The summed E-state index contributed by atoms with van der Waals surface area (Å²) in [6.07, 6.45) is 3.48. The van der Waals surface area contributed by atoms with Crippen LogP contribution in [0.15, 0.2) is 90.1 Å². The summed E-state index contributed by atoms with van der Waals surface area (Å²) in [7, 11) is 0. The zero-order valence-electron chi connectivity index (χ0n) is 14.0. The van der Waals surface area contributed by atoms with E-state index in [-0.39, 0.29) is 17.2 Å². The normalized spacial score (nSPS) is 13.0. The number of hydrogen-bond acceptors (Lipinski definition) is 3. The Hall–Kier alpha value is -2.59. The lowest BCUT2D eigenvalue weighted by molar-refractivity contribution is -0.121. The molecule has 2 aromatic carbocycles. The second-order valence-electron chi connectivity index (χ2n) is 5.73. The summed E-state index contributed by atoms with van der Waals surface area (Å²) in [6.45, 7) is 1.99. The number of carbonyl (C=O) groups is 1. The second-order valence-corrected chi connectivity index (χ2v) is 6.91. The number of aromatic nitrogens is 1. The molecule has 0 radical (unpaired) electrons. The van der Waals surface area contributed by atoms with Gasteiger partial charge in [0.15, 0.2) is 0 Å². The standard InChI is InChI=1S/C21H20N2OS/c1-16(17-12-14-22-15-13-17)23-21(24)20(18-8-4-2-5-9-18)25-19-10-6-3-7-11-19/h2-16,20H,1H3,(H,23,24). The van der Waals surface area contributed by atoms with Crippen molar-refractivity contribution in [3.63, 3.8) is 0 Å². The van der Waals surface area contributed by atoms with E-state index >= 15 is 0 Å². The minimum Gasteiger partial charge on any atom is -0.348 e. The smallest absolute Gasteiger partial charge is 0.238 e. The predicted octanol–water partition coefficient (Wildman–Crippen LogP) is 4.79. The monoisotopic (exact) mass is 348 g/mol. The van der Waals surface area contributed by atoms with Crippen LogP contribution >= 0.6 is 11.8 Å². The van der Waals surface area contributed by atoms with Gasteiger partial charge in [-0.3, -0.25) is 9.78 Å². The molecule has 2 atom stereocenters. The molecule has 1 amide bonds. The highest BCUT2D eigenvalue weighted by molar-refractivity contribution is 8.00. The molecule has 4 heteroatoms. The van der Waals surface area contributed by atoms with Crippen LogP contribution < -0.4 is 5.32 Å². The number of nitrogens with zero attached hydrogens (tertiary/aromatic N) is 1. The quantitative estimate of drug-likeness (QED) is 0.651. The summed E-state index contributed by atoms with van der Waals surface area (Å²) >= 11 is 1.56. The van der Waals surface area contributed by atoms with Crippen molar-refractivity contribution in [1.29, 1.82) is 0 Å². The SMILES string of the molecule is CC(NC(=O)C(Sc1ccccc1)c1ccccc1)c1ccncc1. The number of thioether (sulfide) groups is 1. The number of pyridine rings is 1. The highest BCUT2D eigenvalue weighted by atomic mass is 32.2.